The predicted molar refractivity (Wildman–Crippen MR) is 107 cm³/mol. The lowest BCUT2D eigenvalue weighted by Crippen LogP contribution is -2.36. The van der Waals surface area contributed by atoms with Gasteiger partial charge in [0.1, 0.15) is 6.54 Å². The summed E-state index contributed by atoms with van der Waals surface area (Å²) in [6.07, 6.45) is 1.47. The molecular formula is C19H15ClN2O5S. The van der Waals surface area contributed by atoms with E-state index in [0.717, 1.165) is 16.7 Å². The minimum Gasteiger partial charge on any atom is -0.504 e. The van der Waals surface area contributed by atoms with Gasteiger partial charge in [0.25, 0.3) is 11.1 Å². The third-order valence-electron chi connectivity index (χ3n) is 3.78. The van der Waals surface area contributed by atoms with Crippen molar-refractivity contribution in [2.75, 3.05) is 19.0 Å². The number of methoxy groups -OCH3 is 1. The fraction of sp³-hybridized carbons (Fsp3) is 0.105. The molecule has 2 N–H and O–H groups in total. The zero-order chi connectivity index (χ0) is 20.3. The van der Waals surface area contributed by atoms with Gasteiger partial charge in [0.05, 0.1) is 12.0 Å². The molecule has 2 aromatic carbocycles. The number of nitrogens with zero attached hydrogens (tertiary/aromatic N) is 1. The number of phenolic OH excluding ortho intramolecular Hbond substituents is 1. The number of benzene rings is 2. The molecule has 0 atom stereocenters. The van der Waals surface area contributed by atoms with Crippen molar-refractivity contribution in [1.29, 1.82) is 0 Å². The number of phenols is 1. The monoisotopic (exact) mass is 418 g/mol. The third kappa shape index (κ3) is 4.47. The quantitative estimate of drug-likeness (QED) is 0.718. The van der Waals surface area contributed by atoms with Gasteiger partial charge in [-0.15, -0.1) is 0 Å². The van der Waals surface area contributed by atoms with Crippen molar-refractivity contribution in [2.24, 2.45) is 0 Å². The minimum atomic E-state index is -0.577. The van der Waals surface area contributed by atoms with Crippen LogP contribution < -0.4 is 10.1 Å². The van der Waals surface area contributed by atoms with Gasteiger partial charge in [0.2, 0.25) is 5.91 Å². The van der Waals surface area contributed by atoms with Crippen molar-refractivity contribution < 1.29 is 24.2 Å². The third-order valence-corrected chi connectivity index (χ3v) is 4.93. The number of aromatic hydroxyl groups is 1. The highest BCUT2D eigenvalue weighted by Gasteiger charge is 2.36. The van der Waals surface area contributed by atoms with Crippen LogP contribution in [0.2, 0.25) is 5.02 Å². The SMILES string of the molecule is COc1ccc(/C=C2/SC(=O)N(CC(=O)Nc3cccc(Cl)c3)C2=O)cc1O. The number of amides is 3. The highest BCUT2D eigenvalue weighted by Crippen LogP contribution is 2.34. The van der Waals surface area contributed by atoms with Crippen LogP contribution in [0.15, 0.2) is 47.4 Å². The van der Waals surface area contributed by atoms with Gasteiger partial charge in [-0.05, 0) is 53.7 Å². The molecule has 1 saturated heterocycles. The summed E-state index contributed by atoms with van der Waals surface area (Å²) in [5.74, 6) is -0.890. The molecule has 1 fully saturated rings. The predicted octanol–water partition coefficient (Wildman–Crippen LogP) is 3.73. The smallest absolute Gasteiger partial charge is 0.294 e. The lowest BCUT2D eigenvalue weighted by atomic mass is 10.2. The van der Waals surface area contributed by atoms with E-state index in [2.05, 4.69) is 5.32 Å². The number of carbonyl (C=O) groups excluding carboxylic acids is 3. The molecule has 3 amide bonds. The van der Waals surface area contributed by atoms with Crippen molar-refractivity contribution in [3.8, 4) is 11.5 Å². The molecule has 0 aliphatic carbocycles. The van der Waals surface area contributed by atoms with Crippen LogP contribution in [-0.4, -0.2) is 40.7 Å². The van der Waals surface area contributed by atoms with Crippen LogP contribution in [-0.2, 0) is 9.59 Å². The Kier molecular flexibility index (Phi) is 5.91. The van der Waals surface area contributed by atoms with Gasteiger partial charge in [0, 0.05) is 10.7 Å². The van der Waals surface area contributed by atoms with Gasteiger partial charge in [0.15, 0.2) is 11.5 Å². The number of halogens is 1. The fourth-order valence-electron chi connectivity index (χ4n) is 2.49. The first-order valence-corrected chi connectivity index (χ1v) is 9.24. The summed E-state index contributed by atoms with van der Waals surface area (Å²) in [6, 6.07) is 11.1. The average Bonchev–Trinajstić information content (AvgIpc) is 2.89. The Morgan fingerprint density at radius 3 is 2.75 bits per heavy atom. The van der Waals surface area contributed by atoms with Crippen LogP contribution in [0, 0.1) is 0 Å². The summed E-state index contributed by atoms with van der Waals surface area (Å²) in [7, 11) is 1.43. The van der Waals surface area contributed by atoms with E-state index >= 15 is 0 Å². The van der Waals surface area contributed by atoms with Crippen molar-refractivity contribution in [2.45, 2.75) is 0 Å². The zero-order valence-electron chi connectivity index (χ0n) is 14.6. The summed E-state index contributed by atoms with van der Waals surface area (Å²) in [4.78, 5) is 37.8. The minimum absolute atomic E-state index is 0.0867. The lowest BCUT2D eigenvalue weighted by molar-refractivity contribution is -0.127. The molecule has 1 heterocycles. The molecule has 144 valence electrons. The van der Waals surface area contributed by atoms with Crippen LogP contribution >= 0.6 is 23.4 Å². The van der Waals surface area contributed by atoms with Crippen LogP contribution in [0.4, 0.5) is 10.5 Å². The Labute approximate surface area is 169 Å². The normalized spacial score (nSPS) is 15.2. The van der Waals surface area contributed by atoms with E-state index in [-0.39, 0.29) is 10.7 Å². The largest absolute Gasteiger partial charge is 0.504 e. The first-order chi connectivity index (χ1) is 13.4. The zero-order valence-corrected chi connectivity index (χ0v) is 16.2. The Balaban J connectivity index is 1.71. The molecule has 9 heteroatoms. The van der Waals surface area contributed by atoms with Crippen LogP contribution in [0.5, 0.6) is 11.5 Å². The molecule has 28 heavy (non-hydrogen) atoms. The Bertz CT molecular complexity index is 992. The van der Waals surface area contributed by atoms with E-state index in [1.165, 1.54) is 19.3 Å². The van der Waals surface area contributed by atoms with Gasteiger partial charge >= 0.3 is 0 Å². The molecule has 0 saturated carbocycles. The number of imide groups is 1. The van der Waals surface area contributed by atoms with Gasteiger partial charge < -0.3 is 15.2 Å². The number of nitrogens with one attached hydrogen (secondary N) is 1. The fourth-order valence-corrected chi connectivity index (χ4v) is 3.52. The standard InChI is InChI=1S/C19H15ClN2O5S/c1-27-15-6-5-11(7-14(15)23)8-16-18(25)22(19(26)28-16)10-17(24)21-13-4-2-3-12(20)9-13/h2-9,23H,10H2,1H3,(H,21,24)/b16-8+. The van der Waals surface area contributed by atoms with Gasteiger partial charge in [-0.3, -0.25) is 19.3 Å². The first-order valence-electron chi connectivity index (χ1n) is 8.05. The number of ether oxygens (including phenoxy) is 1. The average molecular weight is 419 g/mol. The van der Waals surface area contributed by atoms with Crippen molar-refractivity contribution in [1.82, 2.24) is 4.90 Å². The van der Waals surface area contributed by atoms with E-state index in [0.29, 0.717) is 22.0 Å². The summed E-state index contributed by atoms with van der Waals surface area (Å²) < 4.78 is 4.97. The second-order valence-electron chi connectivity index (χ2n) is 5.76. The Morgan fingerprint density at radius 2 is 2.07 bits per heavy atom. The molecule has 0 aromatic heterocycles. The number of anilines is 1. The van der Waals surface area contributed by atoms with Gasteiger partial charge in [-0.25, -0.2) is 0 Å². The highest BCUT2D eigenvalue weighted by atomic mass is 35.5. The van der Waals surface area contributed by atoms with Crippen LogP contribution in [0.1, 0.15) is 5.56 Å². The molecule has 7 nitrogen and oxygen atoms in total. The molecule has 0 radical (unpaired) electrons. The van der Waals surface area contributed by atoms with Crippen molar-refractivity contribution >= 4 is 52.2 Å². The molecule has 1 aliphatic rings. The first kappa shape index (κ1) is 19.8. The number of thioether (sulfide) groups is 1. The molecule has 0 bridgehead atoms. The molecule has 1 aliphatic heterocycles. The molecule has 2 aromatic rings. The summed E-state index contributed by atoms with van der Waals surface area (Å²) in [5.41, 5.74) is 0.987. The van der Waals surface area contributed by atoms with E-state index in [1.54, 1.807) is 36.4 Å². The highest BCUT2D eigenvalue weighted by molar-refractivity contribution is 8.18. The van der Waals surface area contributed by atoms with E-state index in [4.69, 9.17) is 16.3 Å². The van der Waals surface area contributed by atoms with E-state index < -0.39 is 23.6 Å². The van der Waals surface area contributed by atoms with Crippen molar-refractivity contribution in [3.05, 3.63) is 58.0 Å². The summed E-state index contributed by atoms with van der Waals surface area (Å²) in [6.45, 7) is -0.414. The van der Waals surface area contributed by atoms with Crippen LogP contribution in [0.25, 0.3) is 6.08 Å². The Hall–Kier alpha value is -2.97. The summed E-state index contributed by atoms with van der Waals surface area (Å²) in [5, 5.41) is 12.3. The Morgan fingerprint density at radius 1 is 1.29 bits per heavy atom. The number of carbonyl (C=O) groups is 3. The number of rotatable bonds is 5. The van der Waals surface area contributed by atoms with Gasteiger partial charge in [-0.1, -0.05) is 23.7 Å². The van der Waals surface area contributed by atoms with E-state index in [1.807, 2.05) is 0 Å². The number of hydrogen-bond donors (Lipinski definition) is 2. The molecule has 0 spiro atoms. The van der Waals surface area contributed by atoms with E-state index in [9.17, 15) is 19.5 Å². The topological polar surface area (TPSA) is 95.9 Å². The summed E-state index contributed by atoms with van der Waals surface area (Å²) >= 11 is 6.59. The number of hydrogen-bond acceptors (Lipinski definition) is 6. The second-order valence-corrected chi connectivity index (χ2v) is 7.19. The maximum absolute atomic E-state index is 12.5. The molecule has 0 unspecified atom stereocenters. The molecule has 3 rings (SSSR count). The van der Waals surface area contributed by atoms with Gasteiger partial charge in [-0.2, -0.15) is 0 Å². The molecular weight excluding hydrogens is 404 g/mol. The maximum Gasteiger partial charge on any atom is 0.294 e. The van der Waals surface area contributed by atoms with Crippen molar-refractivity contribution in [3.63, 3.8) is 0 Å². The lowest BCUT2D eigenvalue weighted by Gasteiger charge is -2.12. The second kappa shape index (κ2) is 8.37. The van der Waals surface area contributed by atoms with Crippen LogP contribution in [0.3, 0.4) is 0 Å². The maximum atomic E-state index is 12.5.